The lowest BCUT2D eigenvalue weighted by Gasteiger charge is -2.29. The number of piperidine rings is 1. The third kappa shape index (κ3) is 4.82. The highest BCUT2D eigenvalue weighted by atomic mass is 16.5. The molecule has 0 spiro atoms. The van der Waals surface area contributed by atoms with E-state index in [0.29, 0.717) is 30.6 Å². The third-order valence-electron chi connectivity index (χ3n) is 5.96. The van der Waals surface area contributed by atoms with Crippen LogP contribution >= 0.6 is 0 Å². The Hall–Kier alpha value is -3.88. The molecule has 9 heteroatoms. The fourth-order valence-corrected chi connectivity index (χ4v) is 4.18. The molecule has 1 unspecified atom stereocenters. The first-order valence-corrected chi connectivity index (χ1v) is 10.8. The molecule has 0 saturated carbocycles. The molecule has 1 fully saturated rings. The number of ether oxygens (including phenoxy) is 1. The fraction of sp³-hybridized carbons (Fsp3) is 0.333. The van der Waals surface area contributed by atoms with Crippen LogP contribution in [0.5, 0.6) is 0 Å². The van der Waals surface area contributed by atoms with E-state index in [-0.39, 0.29) is 24.8 Å². The standard InChI is InChI=1S/C24H26N4O5/c1-14-9-15(4-6-19(14)25-2)11-26-24(32)33-13-16-3-5-17-12-28(23(31)18(17)10-16)20-7-8-21(29)27-22(20)30/h3-6,9-10,20,25H,7-8,11-13H2,1-2H3,(H,26,32)(H,27,29,30). The lowest BCUT2D eigenvalue weighted by atomic mass is 10.0. The largest absolute Gasteiger partial charge is 0.445 e. The molecule has 33 heavy (non-hydrogen) atoms. The minimum absolute atomic E-state index is 0.0164. The zero-order chi connectivity index (χ0) is 23.5. The summed E-state index contributed by atoms with van der Waals surface area (Å²) in [5, 5.41) is 8.12. The number of nitrogens with one attached hydrogen (secondary N) is 3. The van der Waals surface area contributed by atoms with Crippen molar-refractivity contribution in [2.75, 3.05) is 12.4 Å². The summed E-state index contributed by atoms with van der Waals surface area (Å²) in [6, 6.07) is 10.5. The van der Waals surface area contributed by atoms with Crippen molar-refractivity contribution in [2.24, 2.45) is 0 Å². The van der Waals surface area contributed by atoms with E-state index in [1.165, 1.54) is 4.90 Å². The monoisotopic (exact) mass is 450 g/mol. The van der Waals surface area contributed by atoms with Gasteiger partial charge >= 0.3 is 6.09 Å². The number of benzene rings is 2. The van der Waals surface area contributed by atoms with E-state index in [1.807, 2.05) is 38.2 Å². The van der Waals surface area contributed by atoms with Crippen LogP contribution in [0, 0.1) is 6.92 Å². The number of imide groups is 1. The van der Waals surface area contributed by atoms with Gasteiger partial charge in [0.05, 0.1) is 0 Å². The number of rotatable bonds is 6. The molecule has 2 aliphatic rings. The van der Waals surface area contributed by atoms with Gasteiger partial charge < -0.3 is 20.3 Å². The molecule has 0 aliphatic carbocycles. The van der Waals surface area contributed by atoms with Crippen LogP contribution < -0.4 is 16.0 Å². The second kappa shape index (κ2) is 9.32. The number of aryl methyl sites for hydroxylation is 1. The van der Waals surface area contributed by atoms with Gasteiger partial charge in [-0.05, 0) is 47.7 Å². The minimum Gasteiger partial charge on any atom is -0.445 e. The number of amides is 4. The number of anilines is 1. The molecule has 2 aromatic rings. The van der Waals surface area contributed by atoms with Crippen molar-refractivity contribution in [2.45, 2.75) is 45.5 Å². The van der Waals surface area contributed by atoms with Crippen LogP contribution in [0.15, 0.2) is 36.4 Å². The van der Waals surface area contributed by atoms with Crippen LogP contribution in [0.1, 0.15) is 45.5 Å². The molecular weight excluding hydrogens is 424 g/mol. The lowest BCUT2D eigenvalue weighted by Crippen LogP contribution is -2.52. The van der Waals surface area contributed by atoms with Crippen molar-refractivity contribution in [3.8, 4) is 0 Å². The molecule has 4 amide bonds. The van der Waals surface area contributed by atoms with E-state index in [1.54, 1.807) is 12.1 Å². The van der Waals surface area contributed by atoms with Crippen molar-refractivity contribution in [1.82, 2.24) is 15.5 Å². The van der Waals surface area contributed by atoms with Gasteiger partial charge in [0.25, 0.3) is 5.91 Å². The molecule has 0 radical (unpaired) electrons. The van der Waals surface area contributed by atoms with Gasteiger partial charge in [0.1, 0.15) is 12.6 Å². The summed E-state index contributed by atoms with van der Waals surface area (Å²) in [5.41, 5.74) is 5.04. The molecule has 1 saturated heterocycles. The number of carbonyl (C=O) groups excluding carboxylic acids is 4. The molecule has 1 atom stereocenters. The molecule has 0 aromatic heterocycles. The van der Waals surface area contributed by atoms with Crippen LogP contribution in [-0.2, 0) is 34.0 Å². The first kappa shape index (κ1) is 22.3. The minimum atomic E-state index is -0.654. The van der Waals surface area contributed by atoms with E-state index in [0.717, 1.165) is 22.4 Å². The predicted octanol–water partition coefficient (Wildman–Crippen LogP) is 2.22. The summed E-state index contributed by atoms with van der Waals surface area (Å²) in [6.07, 6.45) is -0.0239. The molecule has 4 rings (SSSR count). The lowest BCUT2D eigenvalue weighted by molar-refractivity contribution is -0.136. The van der Waals surface area contributed by atoms with E-state index < -0.39 is 18.0 Å². The molecular formula is C24H26N4O5. The molecule has 172 valence electrons. The van der Waals surface area contributed by atoms with Crippen LogP contribution in [0.2, 0.25) is 0 Å². The van der Waals surface area contributed by atoms with Gasteiger partial charge in [-0.1, -0.05) is 24.3 Å². The highest BCUT2D eigenvalue weighted by Gasteiger charge is 2.39. The average Bonchev–Trinajstić information content (AvgIpc) is 3.12. The van der Waals surface area contributed by atoms with E-state index in [4.69, 9.17) is 4.74 Å². The van der Waals surface area contributed by atoms with Crippen LogP contribution in [-0.4, -0.2) is 41.8 Å². The van der Waals surface area contributed by atoms with Crippen LogP contribution in [0.25, 0.3) is 0 Å². The number of carbonyl (C=O) groups is 4. The smallest absolute Gasteiger partial charge is 0.407 e. The zero-order valence-electron chi connectivity index (χ0n) is 18.6. The Bertz CT molecular complexity index is 1130. The number of fused-ring (bicyclic) bond motifs is 1. The van der Waals surface area contributed by atoms with Crippen LogP contribution in [0.4, 0.5) is 10.5 Å². The van der Waals surface area contributed by atoms with Gasteiger partial charge in [-0.2, -0.15) is 0 Å². The van der Waals surface area contributed by atoms with Crippen LogP contribution in [0.3, 0.4) is 0 Å². The Labute approximate surface area is 191 Å². The maximum Gasteiger partial charge on any atom is 0.407 e. The van der Waals surface area contributed by atoms with E-state index in [2.05, 4.69) is 16.0 Å². The Morgan fingerprint density at radius 3 is 2.67 bits per heavy atom. The molecule has 3 N–H and O–H groups in total. The molecule has 2 aliphatic heterocycles. The number of nitrogens with zero attached hydrogens (tertiary/aromatic N) is 1. The summed E-state index contributed by atoms with van der Waals surface area (Å²) in [6.45, 7) is 2.66. The van der Waals surface area contributed by atoms with Gasteiger partial charge in [-0.15, -0.1) is 0 Å². The normalized spacial score (nSPS) is 17.5. The van der Waals surface area contributed by atoms with Crippen molar-refractivity contribution in [3.63, 3.8) is 0 Å². The van der Waals surface area contributed by atoms with E-state index in [9.17, 15) is 19.2 Å². The maximum absolute atomic E-state index is 12.9. The zero-order valence-corrected chi connectivity index (χ0v) is 18.6. The number of alkyl carbamates (subject to hydrolysis) is 1. The Balaban J connectivity index is 1.32. The van der Waals surface area contributed by atoms with Gasteiger partial charge in [-0.25, -0.2) is 4.79 Å². The summed E-state index contributed by atoms with van der Waals surface area (Å²) in [7, 11) is 1.86. The average molecular weight is 450 g/mol. The molecule has 9 nitrogen and oxygen atoms in total. The SMILES string of the molecule is CNc1ccc(CNC(=O)OCc2ccc3c(c2)C(=O)N(C2CCC(=O)NC2=O)C3)cc1C. The van der Waals surface area contributed by atoms with Crippen molar-refractivity contribution in [3.05, 3.63) is 64.2 Å². The second-order valence-corrected chi connectivity index (χ2v) is 8.22. The topological polar surface area (TPSA) is 117 Å². The van der Waals surface area contributed by atoms with E-state index >= 15 is 0 Å². The van der Waals surface area contributed by atoms with Gasteiger partial charge in [0.2, 0.25) is 11.8 Å². The number of hydrogen-bond acceptors (Lipinski definition) is 6. The molecule has 0 bridgehead atoms. The quantitative estimate of drug-likeness (QED) is 0.581. The van der Waals surface area contributed by atoms with Gasteiger partial charge in [0, 0.05) is 37.8 Å². The van der Waals surface area contributed by atoms with Gasteiger partial charge in [-0.3, -0.25) is 19.7 Å². The van der Waals surface area contributed by atoms with Crippen molar-refractivity contribution < 1.29 is 23.9 Å². The Morgan fingerprint density at radius 2 is 1.94 bits per heavy atom. The van der Waals surface area contributed by atoms with Crippen molar-refractivity contribution >= 4 is 29.5 Å². The summed E-state index contributed by atoms with van der Waals surface area (Å²) in [4.78, 5) is 50.0. The van der Waals surface area contributed by atoms with Gasteiger partial charge in [0.15, 0.2) is 0 Å². The molecule has 2 aromatic carbocycles. The molecule has 2 heterocycles. The summed E-state index contributed by atoms with van der Waals surface area (Å²) < 4.78 is 5.30. The summed E-state index contributed by atoms with van der Waals surface area (Å²) >= 11 is 0. The number of hydrogen-bond donors (Lipinski definition) is 3. The highest BCUT2D eigenvalue weighted by Crippen LogP contribution is 2.28. The first-order chi connectivity index (χ1) is 15.9. The predicted molar refractivity (Wildman–Crippen MR) is 120 cm³/mol. The third-order valence-corrected chi connectivity index (χ3v) is 5.96. The van der Waals surface area contributed by atoms with Crippen molar-refractivity contribution in [1.29, 1.82) is 0 Å². The summed E-state index contributed by atoms with van der Waals surface area (Å²) in [5.74, 6) is -1.02. The Kier molecular flexibility index (Phi) is 6.30. The highest BCUT2D eigenvalue weighted by molar-refractivity contribution is 6.05. The first-order valence-electron chi connectivity index (χ1n) is 10.8. The Morgan fingerprint density at radius 1 is 1.15 bits per heavy atom. The maximum atomic E-state index is 12.9. The fourth-order valence-electron chi connectivity index (χ4n) is 4.18. The second-order valence-electron chi connectivity index (χ2n) is 8.22.